The number of carbonyl (C=O) groups is 1. The van der Waals surface area contributed by atoms with Gasteiger partial charge in [-0.05, 0) is 57.5 Å². The topological polar surface area (TPSA) is 119 Å². The number of hydrogen-bond donors (Lipinski definition) is 2. The summed E-state index contributed by atoms with van der Waals surface area (Å²) in [6.45, 7) is 6.84. The van der Waals surface area contributed by atoms with Crippen molar-refractivity contribution in [3.05, 3.63) is 61.0 Å². The Morgan fingerprint density at radius 3 is 2.79 bits per heavy atom. The molecule has 3 fully saturated rings. The fourth-order valence-electron chi connectivity index (χ4n) is 5.39. The second kappa shape index (κ2) is 8.89. The Morgan fingerprint density at radius 2 is 2.12 bits per heavy atom. The molecule has 3 saturated carbocycles. The number of non-ortho nitro benzene ring substituents is 1. The monoisotopic (exact) mass is 517 g/mol. The van der Waals surface area contributed by atoms with Crippen molar-refractivity contribution < 1.29 is 9.72 Å². The molecule has 5 rings (SSSR count). The summed E-state index contributed by atoms with van der Waals surface area (Å²) in [5, 5.41) is 21.2. The van der Waals surface area contributed by atoms with Gasteiger partial charge in [0.2, 0.25) is 5.91 Å². The lowest BCUT2D eigenvalue weighted by molar-refractivity contribution is -0.384. The maximum Gasteiger partial charge on any atom is 0.283 e. The second-order valence-electron chi connectivity index (χ2n) is 9.74. The quantitative estimate of drug-likeness (QED) is 0.426. The van der Waals surface area contributed by atoms with Gasteiger partial charge in [-0.1, -0.05) is 32.9 Å². The smallest absolute Gasteiger partial charge is 0.283 e. The van der Waals surface area contributed by atoms with Gasteiger partial charge in [0.05, 0.1) is 16.8 Å². The van der Waals surface area contributed by atoms with Crippen LogP contribution in [-0.2, 0) is 17.9 Å². The molecule has 1 amide bonds. The van der Waals surface area contributed by atoms with Gasteiger partial charge in [0.15, 0.2) is 0 Å². The number of nitrogens with one attached hydrogen (secondary N) is 2. The lowest BCUT2D eigenvalue weighted by Crippen LogP contribution is -2.58. The second-order valence-corrected chi connectivity index (χ2v) is 10.5. The van der Waals surface area contributed by atoms with Crippen molar-refractivity contribution >= 4 is 33.2 Å². The molecule has 9 nitrogen and oxygen atoms in total. The number of nitrogens with zero attached hydrogens (tertiary/aromatic N) is 3. The van der Waals surface area contributed by atoms with Crippen molar-refractivity contribution in [2.75, 3.05) is 5.32 Å². The number of aromatic nitrogens is 2. The third kappa shape index (κ3) is 4.53. The predicted molar refractivity (Wildman–Crippen MR) is 128 cm³/mol. The first-order chi connectivity index (χ1) is 15.6. The molecule has 3 aliphatic carbocycles. The number of amides is 1. The third-order valence-electron chi connectivity index (χ3n) is 7.58. The lowest BCUT2D eigenvalue weighted by atomic mass is 9.45. The molecule has 0 aliphatic heterocycles. The molecule has 4 atom stereocenters. The van der Waals surface area contributed by atoms with E-state index in [1.807, 2.05) is 0 Å². The Kier molecular flexibility index (Phi) is 6.30. The zero-order valence-electron chi connectivity index (χ0n) is 18.9. The highest BCUT2D eigenvalue weighted by atomic mass is 79.9. The average Bonchev–Trinajstić information content (AvgIpc) is 2.78. The van der Waals surface area contributed by atoms with Crippen LogP contribution in [-0.4, -0.2) is 26.7 Å². The van der Waals surface area contributed by atoms with Crippen molar-refractivity contribution in [1.82, 2.24) is 15.1 Å². The summed E-state index contributed by atoms with van der Waals surface area (Å²) in [6, 6.07) is 6.32. The van der Waals surface area contributed by atoms with E-state index in [9.17, 15) is 19.7 Å². The maximum atomic E-state index is 12.8. The van der Waals surface area contributed by atoms with E-state index in [1.165, 1.54) is 18.6 Å². The van der Waals surface area contributed by atoms with Crippen LogP contribution in [0, 0.1) is 33.3 Å². The molecule has 2 aromatic rings. The summed E-state index contributed by atoms with van der Waals surface area (Å²) in [5.41, 5.74) is 1.19. The molecule has 2 bridgehead atoms. The van der Waals surface area contributed by atoms with Crippen LogP contribution < -0.4 is 16.2 Å². The molecule has 0 radical (unpaired) electrons. The molecule has 176 valence electrons. The van der Waals surface area contributed by atoms with Gasteiger partial charge >= 0.3 is 0 Å². The Balaban J connectivity index is 1.37. The number of fused-ring (bicyclic) bond motifs is 2. The Labute approximate surface area is 200 Å². The van der Waals surface area contributed by atoms with Crippen molar-refractivity contribution in [1.29, 1.82) is 0 Å². The minimum atomic E-state index is -0.486. The number of anilines is 1. The fraction of sp³-hybridized carbons (Fsp3) is 0.522. The number of rotatable bonds is 7. The lowest BCUT2D eigenvalue weighted by Gasteiger charge is -2.62. The molecule has 2 N–H and O–H groups in total. The van der Waals surface area contributed by atoms with Gasteiger partial charge in [-0.25, -0.2) is 4.68 Å². The highest BCUT2D eigenvalue weighted by Gasteiger charge is 2.56. The van der Waals surface area contributed by atoms with Crippen LogP contribution in [0.2, 0.25) is 0 Å². The highest BCUT2D eigenvalue weighted by molar-refractivity contribution is 9.10. The fourth-order valence-corrected chi connectivity index (χ4v) is 5.81. The zero-order chi connectivity index (χ0) is 23.9. The first kappa shape index (κ1) is 23.4. The first-order valence-corrected chi connectivity index (χ1v) is 11.9. The van der Waals surface area contributed by atoms with E-state index in [0.717, 1.165) is 11.1 Å². The Morgan fingerprint density at radius 1 is 1.36 bits per heavy atom. The van der Waals surface area contributed by atoms with Crippen LogP contribution >= 0.6 is 15.9 Å². The van der Waals surface area contributed by atoms with Crippen LogP contribution in [0.3, 0.4) is 0 Å². The number of halogens is 1. The van der Waals surface area contributed by atoms with Gasteiger partial charge in [-0.3, -0.25) is 19.7 Å². The molecular formula is C23H28BrN5O4. The predicted octanol–water partition coefficient (Wildman–Crippen LogP) is 3.71. The van der Waals surface area contributed by atoms with E-state index in [2.05, 4.69) is 52.4 Å². The molecule has 10 heteroatoms. The Bertz CT molecular complexity index is 1150. The van der Waals surface area contributed by atoms with E-state index < -0.39 is 10.8 Å². The van der Waals surface area contributed by atoms with Crippen molar-refractivity contribution in [2.45, 2.75) is 52.7 Å². The Hall–Kier alpha value is -2.75. The van der Waals surface area contributed by atoms with Crippen molar-refractivity contribution in [3.63, 3.8) is 0 Å². The van der Waals surface area contributed by atoms with Crippen LogP contribution in [0.4, 0.5) is 11.4 Å². The van der Waals surface area contributed by atoms with Crippen LogP contribution in [0.1, 0.15) is 39.2 Å². The normalized spacial score (nSPS) is 25.1. The van der Waals surface area contributed by atoms with E-state index in [0.29, 0.717) is 38.9 Å². The van der Waals surface area contributed by atoms with Gasteiger partial charge in [0.25, 0.3) is 11.2 Å². The van der Waals surface area contributed by atoms with E-state index >= 15 is 0 Å². The van der Waals surface area contributed by atoms with Crippen LogP contribution in [0.15, 0.2) is 39.7 Å². The van der Waals surface area contributed by atoms with Crippen LogP contribution in [0.5, 0.6) is 0 Å². The largest absolute Gasteiger partial charge is 0.380 e. The molecule has 1 aromatic heterocycles. The van der Waals surface area contributed by atoms with Gasteiger partial charge in [-0.2, -0.15) is 5.10 Å². The first-order valence-electron chi connectivity index (χ1n) is 11.1. The molecule has 0 saturated heterocycles. The summed E-state index contributed by atoms with van der Waals surface area (Å²) < 4.78 is 1.46. The SMILES string of the molecule is C[C@@H]1[C@H]2C[C@@H](C[C@H]1Nc1cnn(CC(=O)NCc3cccc([N+](=O)[O-])c3)c(=O)c1Br)C2(C)C. The van der Waals surface area contributed by atoms with Gasteiger partial charge in [0.1, 0.15) is 11.0 Å². The molecular weight excluding hydrogens is 490 g/mol. The summed E-state index contributed by atoms with van der Waals surface area (Å²) in [7, 11) is 0. The third-order valence-corrected chi connectivity index (χ3v) is 8.35. The number of benzene rings is 1. The summed E-state index contributed by atoms with van der Waals surface area (Å²) >= 11 is 3.38. The maximum absolute atomic E-state index is 12.8. The van der Waals surface area contributed by atoms with E-state index in [4.69, 9.17) is 0 Å². The highest BCUT2D eigenvalue weighted by Crippen LogP contribution is 2.61. The van der Waals surface area contributed by atoms with Gasteiger partial charge < -0.3 is 10.6 Å². The van der Waals surface area contributed by atoms with Gasteiger partial charge in [0, 0.05) is 24.7 Å². The van der Waals surface area contributed by atoms with E-state index in [1.54, 1.807) is 18.3 Å². The van der Waals surface area contributed by atoms with E-state index in [-0.39, 0.29) is 30.4 Å². The molecule has 3 aliphatic rings. The standard InChI is InChI=1S/C23H28BrN5O4/c1-13-17-8-15(23(17,2)3)9-18(13)27-19-11-26-28(22(31)21(19)24)12-20(30)25-10-14-5-4-6-16(7-14)29(32)33/h4-7,11,13,15,17-18,27H,8-10,12H2,1-3H3,(H,25,30)/t13-,15+,17-,18-/m1/s1. The number of hydrogen-bond acceptors (Lipinski definition) is 6. The summed E-state index contributed by atoms with van der Waals surface area (Å²) in [6.07, 6.45) is 3.93. The molecule has 1 heterocycles. The molecule has 0 unspecified atom stereocenters. The number of carbonyl (C=O) groups excluding carboxylic acids is 1. The molecule has 33 heavy (non-hydrogen) atoms. The van der Waals surface area contributed by atoms with Crippen LogP contribution in [0.25, 0.3) is 0 Å². The van der Waals surface area contributed by atoms with Crippen molar-refractivity contribution in [2.24, 2.45) is 23.2 Å². The molecule has 1 aromatic carbocycles. The minimum Gasteiger partial charge on any atom is -0.380 e. The minimum absolute atomic E-state index is 0.0418. The van der Waals surface area contributed by atoms with Gasteiger partial charge in [-0.15, -0.1) is 0 Å². The average molecular weight is 518 g/mol. The summed E-state index contributed by atoms with van der Waals surface area (Å²) in [5.74, 6) is 1.46. The zero-order valence-corrected chi connectivity index (χ0v) is 20.5. The molecule has 0 spiro atoms. The number of nitro benzene ring substituents is 1. The summed E-state index contributed by atoms with van der Waals surface area (Å²) in [4.78, 5) is 35.5. The number of nitro groups is 1. The van der Waals surface area contributed by atoms with Crippen molar-refractivity contribution in [3.8, 4) is 0 Å².